The second-order valence-corrected chi connectivity index (χ2v) is 7.48. The fraction of sp³-hybridized carbons (Fsp3) is 0.353. The smallest absolute Gasteiger partial charge is 0.273 e. The van der Waals surface area contributed by atoms with Gasteiger partial charge in [-0.15, -0.1) is 11.3 Å². The number of carbonyl (C=O) groups excluding carboxylic acids is 1. The van der Waals surface area contributed by atoms with E-state index in [1.165, 1.54) is 21.8 Å². The van der Waals surface area contributed by atoms with Gasteiger partial charge in [0.25, 0.3) is 11.5 Å². The number of thiophene rings is 1. The van der Waals surface area contributed by atoms with E-state index in [0.717, 1.165) is 34.8 Å². The summed E-state index contributed by atoms with van der Waals surface area (Å²) in [5, 5.41) is 9.55. The normalized spacial score (nSPS) is 13.4. The molecule has 0 bridgehead atoms. The zero-order chi connectivity index (χ0) is 17.7. The monoisotopic (exact) mass is 357 g/mol. The number of nitrogens with one attached hydrogen (secondary N) is 3. The van der Waals surface area contributed by atoms with Crippen LogP contribution < -0.4 is 16.2 Å². The molecule has 1 aliphatic rings. The minimum absolute atomic E-state index is 0.0831. The van der Waals surface area contributed by atoms with Crippen LogP contribution in [0.25, 0.3) is 11.0 Å². The maximum Gasteiger partial charge on any atom is 0.273 e. The standard InChI is InChI=1S/C17H19N5O2S/c1-8-11(9(2)20-15-14(8)17(24)21-22(15)3)6-19-16(23)12-4-10-5-18-7-13(10)25-12/h4,18H,5-7H2,1-3H3,(H,19,23)(H,21,24). The second-order valence-electron chi connectivity index (χ2n) is 6.34. The van der Waals surface area contributed by atoms with E-state index in [-0.39, 0.29) is 11.5 Å². The Labute approximate surface area is 148 Å². The first-order chi connectivity index (χ1) is 12.0. The molecule has 0 atom stereocenters. The molecule has 0 saturated carbocycles. The van der Waals surface area contributed by atoms with Crippen molar-refractivity contribution in [2.45, 2.75) is 33.5 Å². The molecule has 3 aromatic rings. The lowest BCUT2D eigenvalue weighted by Crippen LogP contribution is -2.23. The zero-order valence-corrected chi connectivity index (χ0v) is 15.1. The van der Waals surface area contributed by atoms with Crippen molar-refractivity contribution in [3.05, 3.63) is 48.6 Å². The van der Waals surface area contributed by atoms with Gasteiger partial charge < -0.3 is 10.6 Å². The number of hydrogen-bond acceptors (Lipinski definition) is 5. The summed E-state index contributed by atoms with van der Waals surface area (Å²) in [5.41, 5.74) is 4.26. The first-order valence-corrected chi connectivity index (χ1v) is 8.92. The van der Waals surface area contributed by atoms with Crippen molar-refractivity contribution >= 4 is 28.3 Å². The molecule has 0 spiro atoms. The molecule has 1 aliphatic heterocycles. The average Bonchev–Trinajstić information content (AvgIpc) is 3.21. The highest BCUT2D eigenvalue weighted by Crippen LogP contribution is 2.26. The number of H-pyrrole nitrogens is 1. The van der Waals surface area contributed by atoms with Crippen molar-refractivity contribution in [3.8, 4) is 0 Å². The van der Waals surface area contributed by atoms with Crippen molar-refractivity contribution in [1.82, 2.24) is 25.4 Å². The van der Waals surface area contributed by atoms with E-state index >= 15 is 0 Å². The van der Waals surface area contributed by atoms with Crippen molar-refractivity contribution in [2.24, 2.45) is 7.05 Å². The maximum absolute atomic E-state index is 12.5. The number of hydrogen-bond donors (Lipinski definition) is 3. The molecule has 1 amide bonds. The predicted octanol–water partition coefficient (Wildman–Crippen LogP) is 1.47. The van der Waals surface area contributed by atoms with E-state index in [4.69, 9.17) is 0 Å². The van der Waals surface area contributed by atoms with Gasteiger partial charge in [0.2, 0.25) is 0 Å². The first kappa shape index (κ1) is 16.0. The largest absolute Gasteiger partial charge is 0.347 e. The van der Waals surface area contributed by atoms with E-state index in [1.807, 2.05) is 19.9 Å². The Morgan fingerprint density at radius 2 is 2.20 bits per heavy atom. The van der Waals surface area contributed by atoms with Gasteiger partial charge in [0.15, 0.2) is 5.65 Å². The SMILES string of the molecule is Cc1nc2c(c(C)c1CNC(=O)c1cc3c(s1)CNC3)c(=O)[nH]n2C. The molecule has 0 aromatic carbocycles. The Morgan fingerprint density at radius 3 is 2.96 bits per heavy atom. The van der Waals surface area contributed by atoms with Crippen LogP contribution >= 0.6 is 11.3 Å². The fourth-order valence-electron chi connectivity index (χ4n) is 3.35. The summed E-state index contributed by atoms with van der Waals surface area (Å²) in [6.07, 6.45) is 0. The molecular weight excluding hydrogens is 338 g/mol. The number of amides is 1. The molecule has 7 nitrogen and oxygen atoms in total. The van der Waals surface area contributed by atoms with Crippen LogP contribution in [0.4, 0.5) is 0 Å². The molecule has 0 fully saturated rings. The lowest BCUT2D eigenvalue weighted by Gasteiger charge is -2.11. The third kappa shape index (κ3) is 2.58. The van der Waals surface area contributed by atoms with Crippen molar-refractivity contribution in [2.75, 3.05) is 0 Å². The van der Waals surface area contributed by atoms with Crippen molar-refractivity contribution in [3.63, 3.8) is 0 Å². The molecule has 3 aromatic heterocycles. The number of fused-ring (bicyclic) bond motifs is 2. The number of rotatable bonds is 3. The Morgan fingerprint density at radius 1 is 1.40 bits per heavy atom. The second kappa shape index (κ2) is 5.82. The van der Waals surface area contributed by atoms with Gasteiger partial charge >= 0.3 is 0 Å². The van der Waals surface area contributed by atoms with Gasteiger partial charge in [-0.3, -0.25) is 19.4 Å². The summed E-state index contributed by atoms with van der Waals surface area (Å²) in [4.78, 5) is 31.1. The molecular formula is C17H19N5O2S. The van der Waals surface area contributed by atoms with E-state index in [0.29, 0.717) is 17.6 Å². The first-order valence-electron chi connectivity index (χ1n) is 8.11. The third-order valence-corrected chi connectivity index (χ3v) is 5.90. The fourth-order valence-corrected chi connectivity index (χ4v) is 4.42. The Kier molecular flexibility index (Phi) is 3.73. The maximum atomic E-state index is 12.5. The van der Waals surface area contributed by atoms with Gasteiger partial charge in [-0.2, -0.15) is 0 Å². The molecule has 8 heteroatoms. The van der Waals surface area contributed by atoms with Crippen molar-refractivity contribution in [1.29, 1.82) is 0 Å². The Balaban J connectivity index is 1.61. The quantitative estimate of drug-likeness (QED) is 0.662. The van der Waals surface area contributed by atoms with Crippen LogP contribution in [-0.4, -0.2) is 20.7 Å². The molecule has 3 N–H and O–H groups in total. The van der Waals surface area contributed by atoms with Crippen LogP contribution in [0.3, 0.4) is 0 Å². The summed E-state index contributed by atoms with van der Waals surface area (Å²) < 4.78 is 1.63. The number of aryl methyl sites for hydroxylation is 3. The van der Waals surface area contributed by atoms with Gasteiger partial charge in [-0.1, -0.05) is 0 Å². The molecule has 0 saturated heterocycles. The Bertz CT molecular complexity index is 1040. The van der Waals surface area contributed by atoms with Crippen LogP contribution in [0.1, 0.15) is 36.9 Å². The molecule has 0 unspecified atom stereocenters. The van der Waals surface area contributed by atoms with Gasteiger partial charge in [0.05, 0.1) is 10.3 Å². The van der Waals surface area contributed by atoms with E-state index in [1.54, 1.807) is 11.7 Å². The van der Waals surface area contributed by atoms with Crippen LogP contribution in [0, 0.1) is 13.8 Å². The molecule has 25 heavy (non-hydrogen) atoms. The lowest BCUT2D eigenvalue weighted by atomic mass is 10.0. The number of aromatic amines is 1. The molecule has 0 radical (unpaired) electrons. The summed E-state index contributed by atoms with van der Waals surface area (Å²) >= 11 is 1.53. The van der Waals surface area contributed by atoms with Crippen LogP contribution in [0.2, 0.25) is 0 Å². The van der Waals surface area contributed by atoms with E-state index in [2.05, 4.69) is 20.7 Å². The van der Waals surface area contributed by atoms with E-state index in [9.17, 15) is 9.59 Å². The predicted molar refractivity (Wildman–Crippen MR) is 96.8 cm³/mol. The van der Waals surface area contributed by atoms with Crippen LogP contribution in [0.5, 0.6) is 0 Å². The molecule has 130 valence electrons. The Hall–Kier alpha value is -2.45. The van der Waals surface area contributed by atoms with Gasteiger partial charge in [-0.25, -0.2) is 4.98 Å². The zero-order valence-electron chi connectivity index (χ0n) is 14.3. The minimum atomic E-state index is -0.155. The number of aromatic nitrogens is 3. The average molecular weight is 357 g/mol. The van der Waals surface area contributed by atoms with Crippen LogP contribution in [-0.2, 0) is 26.7 Å². The summed E-state index contributed by atoms with van der Waals surface area (Å²) in [5.74, 6) is -0.0831. The summed E-state index contributed by atoms with van der Waals surface area (Å²) in [7, 11) is 1.77. The molecule has 4 rings (SSSR count). The van der Waals surface area contributed by atoms with Gasteiger partial charge in [0, 0.05) is 37.3 Å². The molecule has 0 aliphatic carbocycles. The number of carbonyl (C=O) groups is 1. The summed E-state index contributed by atoms with van der Waals surface area (Å²) in [6, 6.07) is 1.96. The topological polar surface area (TPSA) is 91.8 Å². The number of nitrogens with zero attached hydrogens (tertiary/aromatic N) is 2. The highest BCUT2D eigenvalue weighted by molar-refractivity contribution is 7.14. The minimum Gasteiger partial charge on any atom is -0.347 e. The van der Waals surface area contributed by atoms with Gasteiger partial charge in [-0.05, 0) is 36.6 Å². The highest BCUT2D eigenvalue weighted by atomic mass is 32.1. The highest BCUT2D eigenvalue weighted by Gasteiger charge is 2.19. The van der Waals surface area contributed by atoms with E-state index < -0.39 is 0 Å². The molecule has 4 heterocycles. The van der Waals surface area contributed by atoms with Crippen LogP contribution in [0.15, 0.2) is 10.9 Å². The van der Waals surface area contributed by atoms with Crippen molar-refractivity contribution < 1.29 is 4.79 Å². The lowest BCUT2D eigenvalue weighted by molar-refractivity contribution is 0.0955. The summed E-state index contributed by atoms with van der Waals surface area (Å²) in [6.45, 7) is 5.82. The van der Waals surface area contributed by atoms with Gasteiger partial charge in [0.1, 0.15) is 0 Å². The number of pyridine rings is 1. The third-order valence-electron chi connectivity index (χ3n) is 4.72.